The Bertz CT molecular complexity index is 423. The van der Waals surface area contributed by atoms with E-state index in [4.69, 9.17) is 20.3 Å². The molecular formula is C12H18N2O4. The zero-order chi connectivity index (χ0) is 13.7. The first-order valence-electron chi connectivity index (χ1n) is 5.42. The molecule has 6 heteroatoms. The summed E-state index contributed by atoms with van der Waals surface area (Å²) in [5.74, 6) is 0.0928. The summed E-state index contributed by atoms with van der Waals surface area (Å²) in [7, 11) is 4.60. The van der Waals surface area contributed by atoms with E-state index in [0.717, 1.165) is 0 Å². The normalized spacial score (nSPS) is 13.8. The molecule has 2 atom stereocenters. The molecule has 0 amide bonds. The SMILES string of the molecule is CNC(C(=O)O)C(N)c1ccc(OC)c(OC)c1. The molecule has 0 aliphatic rings. The molecule has 0 radical (unpaired) electrons. The van der Waals surface area contributed by atoms with Crippen LogP contribution in [0.1, 0.15) is 11.6 Å². The minimum Gasteiger partial charge on any atom is -0.493 e. The van der Waals surface area contributed by atoms with E-state index in [9.17, 15) is 4.79 Å². The highest BCUT2D eigenvalue weighted by Gasteiger charge is 2.25. The molecule has 0 fully saturated rings. The molecule has 0 aliphatic carbocycles. The molecule has 6 nitrogen and oxygen atoms in total. The zero-order valence-corrected chi connectivity index (χ0v) is 10.6. The van der Waals surface area contributed by atoms with Gasteiger partial charge in [-0.1, -0.05) is 6.07 Å². The summed E-state index contributed by atoms with van der Waals surface area (Å²) in [5.41, 5.74) is 6.59. The summed E-state index contributed by atoms with van der Waals surface area (Å²) < 4.78 is 10.3. The molecule has 1 rings (SSSR count). The Labute approximate surface area is 106 Å². The van der Waals surface area contributed by atoms with Gasteiger partial charge in [-0.2, -0.15) is 0 Å². The maximum absolute atomic E-state index is 11.0. The van der Waals surface area contributed by atoms with Crippen LogP contribution in [0.4, 0.5) is 0 Å². The number of hydrogen-bond acceptors (Lipinski definition) is 5. The van der Waals surface area contributed by atoms with Crippen LogP contribution >= 0.6 is 0 Å². The molecule has 100 valence electrons. The van der Waals surface area contributed by atoms with Crippen molar-refractivity contribution in [3.05, 3.63) is 23.8 Å². The van der Waals surface area contributed by atoms with Crippen molar-refractivity contribution in [2.45, 2.75) is 12.1 Å². The molecule has 18 heavy (non-hydrogen) atoms. The Morgan fingerprint density at radius 2 is 1.94 bits per heavy atom. The molecule has 0 bridgehead atoms. The number of likely N-dealkylation sites (N-methyl/N-ethyl adjacent to an activating group) is 1. The van der Waals surface area contributed by atoms with Crippen molar-refractivity contribution in [3.8, 4) is 11.5 Å². The van der Waals surface area contributed by atoms with Gasteiger partial charge in [-0.25, -0.2) is 0 Å². The molecule has 2 unspecified atom stereocenters. The van der Waals surface area contributed by atoms with E-state index in [2.05, 4.69) is 5.32 Å². The van der Waals surface area contributed by atoms with Crippen molar-refractivity contribution in [1.29, 1.82) is 0 Å². The molecule has 0 heterocycles. The predicted molar refractivity (Wildman–Crippen MR) is 67.0 cm³/mol. The average Bonchev–Trinajstić information content (AvgIpc) is 2.38. The first-order chi connectivity index (χ1) is 8.54. The summed E-state index contributed by atoms with van der Waals surface area (Å²) in [4.78, 5) is 11.0. The lowest BCUT2D eigenvalue weighted by atomic mass is 10.00. The third kappa shape index (κ3) is 2.91. The van der Waals surface area contributed by atoms with E-state index in [1.165, 1.54) is 14.2 Å². The Kier molecular flexibility index (Phi) is 4.94. The highest BCUT2D eigenvalue weighted by molar-refractivity contribution is 5.74. The maximum Gasteiger partial charge on any atom is 0.322 e. The third-order valence-electron chi connectivity index (χ3n) is 2.73. The first-order valence-corrected chi connectivity index (χ1v) is 5.42. The van der Waals surface area contributed by atoms with Gasteiger partial charge in [0.25, 0.3) is 0 Å². The number of carbonyl (C=O) groups is 1. The van der Waals surface area contributed by atoms with E-state index in [1.54, 1.807) is 25.2 Å². The Morgan fingerprint density at radius 1 is 1.33 bits per heavy atom. The Balaban J connectivity index is 3.05. The van der Waals surface area contributed by atoms with Crippen LogP contribution in [0, 0.1) is 0 Å². The van der Waals surface area contributed by atoms with E-state index >= 15 is 0 Å². The van der Waals surface area contributed by atoms with Crippen LogP contribution in [-0.2, 0) is 4.79 Å². The minimum atomic E-state index is -1.00. The zero-order valence-electron chi connectivity index (χ0n) is 10.6. The van der Waals surface area contributed by atoms with Crippen LogP contribution < -0.4 is 20.5 Å². The van der Waals surface area contributed by atoms with Crippen LogP contribution in [0.25, 0.3) is 0 Å². The molecule has 0 saturated carbocycles. The second-order valence-corrected chi connectivity index (χ2v) is 3.74. The number of nitrogens with one attached hydrogen (secondary N) is 1. The van der Waals surface area contributed by atoms with Gasteiger partial charge in [0.2, 0.25) is 0 Å². The minimum absolute atomic E-state index is 0.519. The number of carboxylic acids is 1. The van der Waals surface area contributed by atoms with Crippen molar-refractivity contribution in [2.24, 2.45) is 5.73 Å². The van der Waals surface area contributed by atoms with Crippen LogP contribution in [0.3, 0.4) is 0 Å². The van der Waals surface area contributed by atoms with E-state index in [-0.39, 0.29) is 0 Å². The fraction of sp³-hybridized carbons (Fsp3) is 0.417. The van der Waals surface area contributed by atoms with Crippen LogP contribution in [0.5, 0.6) is 11.5 Å². The van der Waals surface area contributed by atoms with Gasteiger partial charge >= 0.3 is 5.97 Å². The lowest BCUT2D eigenvalue weighted by molar-refractivity contribution is -0.139. The number of benzene rings is 1. The quantitative estimate of drug-likeness (QED) is 0.679. The van der Waals surface area contributed by atoms with Crippen molar-refractivity contribution in [2.75, 3.05) is 21.3 Å². The molecule has 0 aliphatic heterocycles. The summed E-state index contributed by atoms with van der Waals surface area (Å²) in [6, 6.07) is 3.56. The average molecular weight is 254 g/mol. The smallest absolute Gasteiger partial charge is 0.322 e. The highest BCUT2D eigenvalue weighted by atomic mass is 16.5. The van der Waals surface area contributed by atoms with Gasteiger partial charge in [-0.3, -0.25) is 4.79 Å². The molecule has 1 aromatic rings. The molecular weight excluding hydrogens is 236 g/mol. The highest BCUT2D eigenvalue weighted by Crippen LogP contribution is 2.30. The summed E-state index contributed by atoms with van der Waals surface area (Å²) >= 11 is 0. The van der Waals surface area contributed by atoms with Crippen molar-refractivity contribution in [1.82, 2.24) is 5.32 Å². The fourth-order valence-corrected chi connectivity index (χ4v) is 1.71. The van der Waals surface area contributed by atoms with Crippen LogP contribution in [0.15, 0.2) is 18.2 Å². The van der Waals surface area contributed by atoms with Gasteiger partial charge in [0, 0.05) is 0 Å². The number of ether oxygens (including phenoxy) is 2. The molecule has 0 aromatic heterocycles. The second kappa shape index (κ2) is 6.23. The summed E-state index contributed by atoms with van der Waals surface area (Å²) in [5, 5.41) is 11.7. The number of methoxy groups -OCH3 is 2. The van der Waals surface area contributed by atoms with E-state index in [0.29, 0.717) is 17.1 Å². The predicted octanol–water partition coefficient (Wildman–Crippen LogP) is 0.376. The number of aliphatic carboxylic acids is 1. The maximum atomic E-state index is 11.0. The van der Waals surface area contributed by atoms with Gasteiger partial charge in [-0.15, -0.1) is 0 Å². The number of hydrogen-bond donors (Lipinski definition) is 3. The third-order valence-corrected chi connectivity index (χ3v) is 2.73. The second-order valence-electron chi connectivity index (χ2n) is 3.74. The van der Waals surface area contributed by atoms with Crippen LogP contribution in [0.2, 0.25) is 0 Å². The van der Waals surface area contributed by atoms with E-state index < -0.39 is 18.1 Å². The monoisotopic (exact) mass is 254 g/mol. The fourth-order valence-electron chi connectivity index (χ4n) is 1.71. The number of nitrogens with two attached hydrogens (primary N) is 1. The lowest BCUT2D eigenvalue weighted by Gasteiger charge is -2.20. The number of carboxylic acid groups (broad SMARTS) is 1. The number of rotatable bonds is 6. The molecule has 1 aromatic carbocycles. The standard InChI is InChI=1S/C12H18N2O4/c1-14-11(12(15)16)10(13)7-4-5-8(17-2)9(6-7)18-3/h4-6,10-11,14H,13H2,1-3H3,(H,15,16). The largest absolute Gasteiger partial charge is 0.493 e. The lowest BCUT2D eigenvalue weighted by Crippen LogP contribution is -2.43. The molecule has 0 spiro atoms. The molecule has 0 saturated heterocycles. The van der Waals surface area contributed by atoms with Gasteiger partial charge in [-0.05, 0) is 24.7 Å². The van der Waals surface area contributed by atoms with Crippen molar-refractivity contribution < 1.29 is 19.4 Å². The van der Waals surface area contributed by atoms with Gasteiger partial charge < -0.3 is 25.6 Å². The first kappa shape index (κ1) is 14.3. The van der Waals surface area contributed by atoms with Gasteiger partial charge in [0.1, 0.15) is 6.04 Å². The van der Waals surface area contributed by atoms with Gasteiger partial charge in [0.15, 0.2) is 11.5 Å². The summed E-state index contributed by atoms with van der Waals surface area (Å²) in [6.45, 7) is 0. The Hall–Kier alpha value is -1.79. The van der Waals surface area contributed by atoms with Crippen molar-refractivity contribution in [3.63, 3.8) is 0 Å². The Morgan fingerprint density at radius 3 is 2.39 bits per heavy atom. The molecule has 4 N–H and O–H groups in total. The summed E-state index contributed by atoms with van der Waals surface area (Å²) in [6.07, 6.45) is 0. The van der Waals surface area contributed by atoms with Crippen molar-refractivity contribution >= 4 is 5.97 Å². The topological polar surface area (TPSA) is 93.8 Å². The van der Waals surface area contributed by atoms with E-state index in [1.807, 2.05) is 0 Å². The van der Waals surface area contributed by atoms with Gasteiger partial charge in [0.05, 0.1) is 20.3 Å². The van der Waals surface area contributed by atoms with Crippen LogP contribution in [-0.4, -0.2) is 38.4 Å².